The van der Waals surface area contributed by atoms with Crippen molar-refractivity contribution in [3.63, 3.8) is 0 Å². The molecule has 0 spiro atoms. The zero-order valence-corrected chi connectivity index (χ0v) is 14.5. The van der Waals surface area contributed by atoms with Crippen molar-refractivity contribution in [2.75, 3.05) is 13.2 Å². The largest absolute Gasteiger partial charge is 0.368 e. The van der Waals surface area contributed by atoms with Gasteiger partial charge >= 0.3 is 0 Å². The van der Waals surface area contributed by atoms with E-state index in [4.69, 9.17) is 11.5 Å². The Hall–Kier alpha value is -1.49. The second-order valence-corrected chi connectivity index (χ2v) is 6.29. The summed E-state index contributed by atoms with van der Waals surface area (Å²) in [4.78, 5) is 23.7. The highest BCUT2D eigenvalue weighted by atomic mass is 31.1. The number of amides is 2. The van der Waals surface area contributed by atoms with Gasteiger partial charge in [0.2, 0.25) is 11.8 Å². The van der Waals surface area contributed by atoms with Crippen LogP contribution in [0.1, 0.15) is 24.8 Å². The van der Waals surface area contributed by atoms with Gasteiger partial charge in [0.05, 0.1) is 6.04 Å². The van der Waals surface area contributed by atoms with E-state index in [9.17, 15) is 9.59 Å². The average molecular weight is 338 g/mol. The van der Waals surface area contributed by atoms with E-state index < -0.39 is 18.0 Å². The number of nitrogens with two attached hydrogens (primary N) is 2. The molecule has 1 aromatic carbocycles. The second kappa shape index (κ2) is 11.1. The predicted octanol–water partition coefficient (Wildman–Crippen LogP) is 0.510. The highest BCUT2D eigenvalue weighted by molar-refractivity contribution is 7.34. The normalized spacial score (nSPS) is 13.8. The molecule has 7 heteroatoms. The maximum Gasteiger partial charge on any atom is 0.240 e. The summed E-state index contributed by atoms with van der Waals surface area (Å²) in [6.45, 7) is 3.01. The molecular formula is C16H27N4O2P. The summed E-state index contributed by atoms with van der Waals surface area (Å²) in [6.07, 6.45) is 2.81. The van der Waals surface area contributed by atoms with Crippen molar-refractivity contribution < 1.29 is 9.59 Å². The van der Waals surface area contributed by atoms with Crippen LogP contribution in [0.5, 0.6) is 0 Å². The molecule has 0 aliphatic heterocycles. The standard InChI is InChI=1S/C16H27N4O2P/c1-23-19-10-6-5-9-13(17)16(22)20-14(15(18)21)11-12-7-3-2-4-8-12/h2-4,7-8,13-14,19,23H,5-6,9-11,17H2,1H3,(H2,18,21)(H,20,22). The third-order valence-corrected chi connectivity index (χ3v) is 4.13. The summed E-state index contributed by atoms with van der Waals surface area (Å²) in [7, 11) is 0.727. The van der Waals surface area contributed by atoms with Crippen molar-refractivity contribution in [3.8, 4) is 0 Å². The van der Waals surface area contributed by atoms with E-state index in [0.29, 0.717) is 12.8 Å². The summed E-state index contributed by atoms with van der Waals surface area (Å²) in [6, 6.07) is 8.09. The minimum absolute atomic E-state index is 0.324. The van der Waals surface area contributed by atoms with Gasteiger partial charge < -0.3 is 16.8 Å². The Morgan fingerprint density at radius 3 is 2.52 bits per heavy atom. The molecule has 6 nitrogen and oxygen atoms in total. The second-order valence-electron chi connectivity index (χ2n) is 5.43. The van der Waals surface area contributed by atoms with Gasteiger partial charge in [-0.1, -0.05) is 45.5 Å². The third kappa shape index (κ3) is 8.07. The van der Waals surface area contributed by atoms with Gasteiger partial charge in [0, 0.05) is 6.42 Å². The molecule has 0 aliphatic rings. The van der Waals surface area contributed by atoms with Gasteiger partial charge in [-0.2, -0.15) is 0 Å². The van der Waals surface area contributed by atoms with Crippen molar-refractivity contribution in [2.45, 2.75) is 37.8 Å². The minimum atomic E-state index is -0.737. The zero-order valence-electron chi connectivity index (χ0n) is 13.5. The first kappa shape index (κ1) is 19.6. The summed E-state index contributed by atoms with van der Waals surface area (Å²) in [5.74, 6) is -0.877. The van der Waals surface area contributed by atoms with E-state index in [1.165, 1.54) is 0 Å². The van der Waals surface area contributed by atoms with Crippen molar-refractivity contribution >= 4 is 20.5 Å². The van der Waals surface area contributed by atoms with Gasteiger partial charge in [0.25, 0.3) is 0 Å². The number of hydrogen-bond donors (Lipinski definition) is 4. The average Bonchev–Trinajstić information content (AvgIpc) is 2.54. The Labute approximate surface area is 139 Å². The molecule has 3 unspecified atom stereocenters. The lowest BCUT2D eigenvalue weighted by Crippen LogP contribution is -2.51. The highest BCUT2D eigenvalue weighted by Gasteiger charge is 2.21. The molecule has 0 radical (unpaired) electrons. The van der Waals surface area contributed by atoms with Crippen LogP contribution in [0.4, 0.5) is 0 Å². The topological polar surface area (TPSA) is 110 Å². The maximum atomic E-state index is 12.1. The number of nitrogens with one attached hydrogen (secondary N) is 2. The van der Waals surface area contributed by atoms with Gasteiger partial charge in [0.15, 0.2) is 0 Å². The van der Waals surface area contributed by atoms with Crippen LogP contribution >= 0.6 is 8.73 Å². The van der Waals surface area contributed by atoms with E-state index in [1.54, 1.807) is 0 Å². The maximum absolute atomic E-state index is 12.1. The number of carbonyl (C=O) groups excluding carboxylic acids is 2. The molecule has 128 valence electrons. The molecule has 0 aromatic heterocycles. The molecule has 0 saturated heterocycles. The van der Waals surface area contributed by atoms with Crippen molar-refractivity contribution in [3.05, 3.63) is 35.9 Å². The summed E-state index contributed by atoms with van der Waals surface area (Å²) in [5.41, 5.74) is 12.2. The summed E-state index contributed by atoms with van der Waals surface area (Å²) >= 11 is 0. The van der Waals surface area contributed by atoms with Crippen LogP contribution < -0.4 is 21.9 Å². The SMILES string of the molecule is CPNCCCCC(N)C(=O)NC(Cc1ccccc1)C(N)=O. The Morgan fingerprint density at radius 2 is 1.91 bits per heavy atom. The molecule has 0 aliphatic carbocycles. The van der Waals surface area contributed by atoms with Gasteiger partial charge in [-0.3, -0.25) is 14.7 Å². The molecule has 0 bridgehead atoms. The zero-order chi connectivity index (χ0) is 17.1. The molecule has 23 heavy (non-hydrogen) atoms. The molecule has 0 fully saturated rings. The molecule has 0 heterocycles. The lowest BCUT2D eigenvalue weighted by Gasteiger charge is -2.18. The predicted molar refractivity (Wildman–Crippen MR) is 95.3 cm³/mol. The molecule has 6 N–H and O–H groups in total. The van der Waals surface area contributed by atoms with Gasteiger partial charge in [0.1, 0.15) is 6.04 Å². The van der Waals surface area contributed by atoms with Crippen LogP contribution in [-0.4, -0.2) is 37.1 Å². The van der Waals surface area contributed by atoms with Gasteiger partial charge in [-0.15, -0.1) is 0 Å². The van der Waals surface area contributed by atoms with Crippen LogP contribution in [0.2, 0.25) is 0 Å². The van der Waals surface area contributed by atoms with Crippen LogP contribution in [0.3, 0.4) is 0 Å². The summed E-state index contributed by atoms with van der Waals surface area (Å²) in [5, 5.41) is 5.91. The highest BCUT2D eigenvalue weighted by Crippen LogP contribution is 2.05. The monoisotopic (exact) mass is 338 g/mol. The minimum Gasteiger partial charge on any atom is -0.368 e. The van der Waals surface area contributed by atoms with E-state index in [1.807, 2.05) is 30.3 Å². The number of primary amides is 1. The van der Waals surface area contributed by atoms with E-state index >= 15 is 0 Å². The smallest absolute Gasteiger partial charge is 0.240 e. The third-order valence-electron chi connectivity index (χ3n) is 3.52. The molecule has 0 saturated carbocycles. The van der Waals surface area contributed by atoms with E-state index in [-0.39, 0.29) is 5.91 Å². The first-order valence-corrected chi connectivity index (χ1v) is 9.33. The van der Waals surface area contributed by atoms with E-state index in [0.717, 1.165) is 33.7 Å². The number of benzene rings is 1. The van der Waals surface area contributed by atoms with Gasteiger partial charge in [-0.05, 0) is 31.6 Å². The van der Waals surface area contributed by atoms with E-state index in [2.05, 4.69) is 17.1 Å². The van der Waals surface area contributed by atoms with Crippen LogP contribution in [-0.2, 0) is 16.0 Å². The van der Waals surface area contributed by atoms with Crippen molar-refractivity contribution in [1.82, 2.24) is 10.4 Å². The first-order valence-electron chi connectivity index (χ1n) is 7.83. The number of rotatable bonds is 11. The molecule has 1 aromatic rings. The lowest BCUT2D eigenvalue weighted by atomic mass is 10.0. The lowest BCUT2D eigenvalue weighted by molar-refractivity contribution is -0.128. The number of unbranched alkanes of at least 4 members (excludes halogenated alkanes) is 1. The molecule has 3 atom stereocenters. The van der Waals surface area contributed by atoms with Crippen molar-refractivity contribution in [1.29, 1.82) is 0 Å². The molecule has 1 rings (SSSR count). The fraction of sp³-hybridized carbons (Fsp3) is 0.500. The Balaban J connectivity index is 2.42. The Bertz CT molecular complexity index is 484. The summed E-state index contributed by atoms with van der Waals surface area (Å²) < 4.78 is 0. The van der Waals surface area contributed by atoms with Crippen LogP contribution in [0.25, 0.3) is 0 Å². The Morgan fingerprint density at radius 1 is 1.22 bits per heavy atom. The molecular weight excluding hydrogens is 311 g/mol. The fourth-order valence-corrected chi connectivity index (χ4v) is 2.61. The fourth-order valence-electron chi connectivity index (χ4n) is 2.19. The van der Waals surface area contributed by atoms with Crippen LogP contribution in [0, 0.1) is 0 Å². The number of hydrogen-bond acceptors (Lipinski definition) is 4. The van der Waals surface area contributed by atoms with Crippen molar-refractivity contribution in [2.24, 2.45) is 11.5 Å². The molecule has 2 amide bonds. The number of carbonyl (C=O) groups is 2. The Kier molecular flexibility index (Phi) is 9.45. The quantitative estimate of drug-likeness (QED) is 0.348. The van der Waals surface area contributed by atoms with Gasteiger partial charge in [-0.25, -0.2) is 0 Å². The first-order chi connectivity index (χ1) is 11.0. The van der Waals surface area contributed by atoms with Crippen LogP contribution in [0.15, 0.2) is 30.3 Å².